The number of hydrogen-bond donors (Lipinski definition) is 1. The Balaban J connectivity index is 1.73. The van der Waals surface area contributed by atoms with Crippen LogP contribution >= 0.6 is 23.2 Å². The highest BCUT2D eigenvalue weighted by atomic mass is 35.5. The van der Waals surface area contributed by atoms with E-state index in [1.807, 2.05) is 26.0 Å². The molecule has 4 amide bonds. The van der Waals surface area contributed by atoms with E-state index in [9.17, 15) is 19.2 Å². The van der Waals surface area contributed by atoms with Crippen LogP contribution in [-0.2, 0) is 25.7 Å². The molecule has 0 aromatic heterocycles. The highest BCUT2D eigenvalue weighted by Gasteiger charge is 2.47. The van der Waals surface area contributed by atoms with Crippen LogP contribution in [0.2, 0.25) is 10.0 Å². The van der Waals surface area contributed by atoms with Gasteiger partial charge in [-0.1, -0.05) is 55.3 Å². The van der Waals surface area contributed by atoms with E-state index in [4.69, 9.17) is 23.2 Å². The minimum Gasteiger partial charge on any atom is -0.354 e. The van der Waals surface area contributed by atoms with Crippen molar-refractivity contribution in [1.82, 2.24) is 15.1 Å². The van der Waals surface area contributed by atoms with Crippen LogP contribution in [0.1, 0.15) is 45.6 Å². The minimum absolute atomic E-state index is 0.00527. The molecule has 1 fully saturated rings. The van der Waals surface area contributed by atoms with Crippen LogP contribution in [0.25, 0.3) is 0 Å². The lowest BCUT2D eigenvalue weighted by molar-refractivity contribution is -0.143. The van der Waals surface area contributed by atoms with Crippen molar-refractivity contribution >= 4 is 46.8 Å². The van der Waals surface area contributed by atoms with Gasteiger partial charge in [0.1, 0.15) is 6.04 Å². The van der Waals surface area contributed by atoms with Crippen molar-refractivity contribution in [2.24, 2.45) is 17.8 Å². The normalized spacial score (nSPS) is 20.5. The lowest BCUT2D eigenvalue weighted by Gasteiger charge is -2.30. The van der Waals surface area contributed by atoms with E-state index in [1.54, 1.807) is 25.1 Å². The molecular weight excluding hydrogens is 477 g/mol. The lowest BCUT2D eigenvalue weighted by Crippen LogP contribution is -2.49. The Morgan fingerprint density at radius 2 is 1.71 bits per heavy atom. The minimum atomic E-state index is -0.769. The molecular formula is C25H31Cl2N3O4. The molecule has 34 heavy (non-hydrogen) atoms. The standard InChI is InChI=1S/C25H31Cl2N3O4/c1-15(2)13-28-23(32)16(3)30(14-17-8-9-18(26)12-21(17)27)22(31)10-11-29-24(33)19-6-4-5-7-20(19)25(29)34/h4-5,8-9,12,15-16,19-20H,6-7,10-11,13-14H2,1-3H3,(H,28,32)/t16-,19-,20+/m0/s1. The van der Waals surface area contributed by atoms with Gasteiger partial charge in [0.2, 0.25) is 23.6 Å². The molecule has 1 saturated heterocycles. The van der Waals surface area contributed by atoms with Gasteiger partial charge in [-0.25, -0.2) is 0 Å². The van der Waals surface area contributed by atoms with Crippen LogP contribution in [0.5, 0.6) is 0 Å². The molecule has 1 aromatic rings. The number of likely N-dealkylation sites (tertiary alicyclic amines) is 1. The molecule has 9 heteroatoms. The third-order valence-corrected chi connectivity index (χ3v) is 6.94. The molecule has 0 bridgehead atoms. The van der Waals surface area contributed by atoms with Gasteiger partial charge in [0, 0.05) is 36.1 Å². The second-order valence-corrected chi connectivity index (χ2v) is 10.1. The number of fused-ring (bicyclic) bond motifs is 1. The number of carbonyl (C=O) groups excluding carboxylic acids is 4. The molecule has 1 aliphatic heterocycles. The van der Waals surface area contributed by atoms with Crippen molar-refractivity contribution in [2.75, 3.05) is 13.1 Å². The fourth-order valence-electron chi connectivity index (χ4n) is 4.31. The van der Waals surface area contributed by atoms with Gasteiger partial charge in [-0.15, -0.1) is 0 Å². The largest absolute Gasteiger partial charge is 0.354 e. The van der Waals surface area contributed by atoms with Gasteiger partial charge in [0.15, 0.2) is 0 Å². The summed E-state index contributed by atoms with van der Waals surface area (Å²) in [6, 6.07) is 4.21. The van der Waals surface area contributed by atoms with Crippen molar-refractivity contribution in [3.63, 3.8) is 0 Å². The number of nitrogens with one attached hydrogen (secondary N) is 1. The third-order valence-electron chi connectivity index (χ3n) is 6.36. The summed E-state index contributed by atoms with van der Waals surface area (Å²) >= 11 is 12.3. The molecule has 0 radical (unpaired) electrons. The second-order valence-electron chi connectivity index (χ2n) is 9.31. The number of allylic oxidation sites excluding steroid dienone is 2. The first-order valence-corrected chi connectivity index (χ1v) is 12.4. The van der Waals surface area contributed by atoms with E-state index in [-0.39, 0.29) is 60.9 Å². The maximum absolute atomic E-state index is 13.3. The van der Waals surface area contributed by atoms with Gasteiger partial charge in [0.25, 0.3) is 0 Å². The molecule has 0 spiro atoms. The molecule has 184 valence electrons. The average molecular weight is 508 g/mol. The lowest BCUT2D eigenvalue weighted by atomic mass is 9.85. The number of benzene rings is 1. The molecule has 1 aliphatic carbocycles. The topological polar surface area (TPSA) is 86.8 Å². The summed E-state index contributed by atoms with van der Waals surface area (Å²) in [6.07, 6.45) is 4.88. The molecule has 1 heterocycles. The molecule has 1 N–H and O–H groups in total. The first kappa shape index (κ1) is 26.2. The maximum Gasteiger partial charge on any atom is 0.242 e. The van der Waals surface area contributed by atoms with Crippen LogP contribution in [0.15, 0.2) is 30.4 Å². The number of halogens is 2. The predicted molar refractivity (Wildman–Crippen MR) is 131 cm³/mol. The number of rotatable bonds is 9. The SMILES string of the molecule is CC(C)CNC(=O)[C@H](C)N(Cc1ccc(Cl)cc1Cl)C(=O)CCN1C(=O)[C@H]2CC=CC[C@H]2C1=O. The number of carbonyl (C=O) groups is 4. The van der Waals surface area contributed by atoms with Crippen LogP contribution in [0.4, 0.5) is 0 Å². The summed E-state index contributed by atoms with van der Waals surface area (Å²) < 4.78 is 0. The van der Waals surface area contributed by atoms with Gasteiger partial charge in [-0.3, -0.25) is 24.1 Å². The fourth-order valence-corrected chi connectivity index (χ4v) is 4.78. The Labute approximate surface area is 210 Å². The molecule has 2 aliphatic rings. The van der Waals surface area contributed by atoms with Crippen molar-refractivity contribution < 1.29 is 19.2 Å². The zero-order chi connectivity index (χ0) is 25.0. The highest BCUT2D eigenvalue weighted by Crippen LogP contribution is 2.35. The smallest absolute Gasteiger partial charge is 0.242 e. The van der Waals surface area contributed by atoms with Crippen LogP contribution in [0, 0.1) is 17.8 Å². The molecule has 7 nitrogen and oxygen atoms in total. The van der Waals surface area contributed by atoms with E-state index in [2.05, 4.69) is 5.32 Å². The Hall–Kier alpha value is -2.38. The first-order chi connectivity index (χ1) is 16.1. The van der Waals surface area contributed by atoms with Gasteiger partial charge in [-0.05, 0) is 43.4 Å². The first-order valence-electron chi connectivity index (χ1n) is 11.6. The Morgan fingerprint density at radius 3 is 2.26 bits per heavy atom. The fraction of sp³-hybridized carbons (Fsp3) is 0.520. The molecule has 0 saturated carbocycles. The Kier molecular flexibility index (Phi) is 8.77. The zero-order valence-corrected chi connectivity index (χ0v) is 21.2. The number of nitrogens with zero attached hydrogens (tertiary/aromatic N) is 2. The van der Waals surface area contributed by atoms with Gasteiger partial charge in [0.05, 0.1) is 11.8 Å². The van der Waals surface area contributed by atoms with Crippen molar-refractivity contribution in [2.45, 2.75) is 52.6 Å². The molecule has 1 aromatic carbocycles. The van der Waals surface area contributed by atoms with Crippen molar-refractivity contribution in [3.8, 4) is 0 Å². The Bertz CT molecular complexity index is 968. The summed E-state index contributed by atoms with van der Waals surface area (Å²) in [4.78, 5) is 54.2. The quantitative estimate of drug-likeness (QED) is 0.406. The Morgan fingerprint density at radius 1 is 1.09 bits per heavy atom. The van der Waals surface area contributed by atoms with Crippen molar-refractivity contribution in [3.05, 3.63) is 46.0 Å². The summed E-state index contributed by atoms with van der Waals surface area (Å²) in [5.74, 6) is -1.47. The zero-order valence-electron chi connectivity index (χ0n) is 19.7. The summed E-state index contributed by atoms with van der Waals surface area (Å²) in [6.45, 7) is 6.21. The van der Waals surface area contributed by atoms with E-state index >= 15 is 0 Å². The van der Waals surface area contributed by atoms with Gasteiger partial charge >= 0.3 is 0 Å². The number of hydrogen-bond acceptors (Lipinski definition) is 4. The van der Waals surface area contributed by atoms with E-state index in [0.29, 0.717) is 35.0 Å². The maximum atomic E-state index is 13.3. The van der Waals surface area contributed by atoms with Gasteiger partial charge < -0.3 is 10.2 Å². The highest BCUT2D eigenvalue weighted by molar-refractivity contribution is 6.35. The van der Waals surface area contributed by atoms with Crippen LogP contribution in [0.3, 0.4) is 0 Å². The van der Waals surface area contributed by atoms with Crippen molar-refractivity contribution in [1.29, 1.82) is 0 Å². The summed E-state index contributed by atoms with van der Waals surface area (Å²) in [5.41, 5.74) is 0.647. The van der Waals surface area contributed by atoms with E-state index < -0.39 is 6.04 Å². The number of imide groups is 1. The average Bonchev–Trinajstić information content (AvgIpc) is 3.04. The third kappa shape index (κ3) is 5.99. The predicted octanol–water partition coefficient (Wildman–Crippen LogP) is 3.82. The molecule has 3 rings (SSSR count). The molecule has 0 unspecified atom stereocenters. The number of amides is 4. The molecule has 3 atom stereocenters. The summed E-state index contributed by atoms with van der Waals surface area (Å²) in [5, 5.41) is 3.72. The van der Waals surface area contributed by atoms with Crippen LogP contribution < -0.4 is 5.32 Å². The van der Waals surface area contributed by atoms with Crippen LogP contribution in [-0.4, -0.2) is 52.6 Å². The van der Waals surface area contributed by atoms with Gasteiger partial charge in [-0.2, -0.15) is 0 Å². The van der Waals surface area contributed by atoms with E-state index in [0.717, 1.165) is 0 Å². The monoisotopic (exact) mass is 507 g/mol. The summed E-state index contributed by atoms with van der Waals surface area (Å²) in [7, 11) is 0. The second kappa shape index (κ2) is 11.4. The van der Waals surface area contributed by atoms with E-state index in [1.165, 1.54) is 9.80 Å².